The zero-order valence-electron chi connectivity index (χ0n) is 6.74. The minimum absolute atomic E-state index is 0.0344. The van der Waals surface area contributed by atoms with E-state index >= 15 is 0 Å². The van der Waals surface area contributed by atoms with Gasteiger partial charge in [0.15, 0.2) is 0 Å². The van der Waals surface area contributed by atoms with Crippen LogP contribution in [0.25, 0.3) is 0 Å². The minimum Gasteiger partial charge on any atom is -0.392 e. The third-order valence-electron chi connectivity index (χ3n) is 1.31. The van der Waals surface area contributed by atoms with Crippen molar-refractivity contribution in [1.82, 2.24) is 4.98 Å². The van der Waals surface area contributed by atoms with Gasteiger partial charge in [0.1, 0.15) is 5.82 Å². The maximum absolute atomic E-state index is 10.6. The Morgan fingerprint density at radius 3 is 2.83 bits per heavy atom. The van der Waals surface area contributed by atoms with Crippen molar-refractivity contribution in [1.29, 1.82) is 0 Å². The van der Waals surface area contributed by atoms with E-state index in [0.717, 1.165) is 5.56 Å². The number of nitrogens with zero attached hydrogens (tertiary/aromatic N) is 1. The van der Waals surface area contributed by atoms with Gasteiger partial charge in [-0.25, -0.2) is 4.98 Å². The molecule has 0 saturated heterocycles. The van der Waals surface area contributed by atoms with Gasteiger partial charge in [-0.15, -0.1) is 0 Å². The van der Waals surface area contributed by atoms with Crippen LogP contribution in [0.15, 0.2) is 18.3 Å². The van der Waals surface area contributed by atoms with E-state index in [0.29, 0.717) is 5.82 Å². The average Bonchev–Trinajstić information content (AvgIpc) is 2.05. The van der Waals surface area contributed by atoms with Crippen LogP contribution in [-0.2, 0) is 11.4 Å². The van der Waals surface area contributed by atoms with Gasteiger partial charge in [0.25, 0.3) is 0 Å². The van der Waals surface area contributed by atoms with Crippen molar-refractivity contribution in [3.63, 3.8) is 0 Å². The van der Waals surface area contributed by atoms with Crippen LogP contribution in [0.5, 0.6) is 0 Å². The highest BCUT2D eigenvalue weighted by molar-refractivity contribution is 5.87. The van der Waals surface area contributed by atoms with Crippen molar-refractivity contribution in [3.05, 3.63) is 23.9 Å². The Morgan fingerprint density at radius 2 is 2.42 bits per heavy atom. The Balaban J connectivity index is 2.71. The summed E-state index contributed by atoms with van der Waals surface area (Å²) in [7, 11) is 0. The van der Waals surface area contributed by atoms with Crippen molar-refractivity contribution in [2.24, 2.45) is 0 Å². The topological polar surface area (TPSA) is 62.2 Å². The van der Waals surface area contributed by atoms with Gasteiger partial charge in [0.05, 0.1) is 6.61 Å². The van der Waals surface area contributed by atoms with Crippen LogP contribution in [-0.4, -0.2) is 16.0 Å². The zero-order chi connectivity index (χ0) is 8.97. The molecule has 1 rings (SSSR count). The lowest BCUT2D eigenvalue weighted by Crippen LogP contribution is -2.07. The maximum atomic E-state index is 10.6. The molecule has 0 saturated carbocycles. The summed E-state index contributed by atoms with van der Waals surface area (Å²) in [5.41, 5.74) is 0.726. The van der Waals surface area contributed by atoms with Gasteiger partial charge < -0.3 is 10.4 Å². The van der Waals surface area contributed by atoms with Crippen molar-refractivity contribution >= 4 is 11.7 Å². The summed E-state index contributed by atoms with van der Waals surface area (Å²) in [6.07, 6.45) is 1.52. The highest BCUT2D eigenvalue weighted by Crippen LogP contribution is 2.04. The quantitative estimate of drug-likeness (QED) is 0.673. The van der Waals surface area contributed by atoms with Crippen molar-refractivity contribution in [2.45, 2.75) is 13.5 Å². The molecule has 0 aliphatic heterocycles. The molecule has 1 heterocycles. The Labute approximate surface area is 70.3 Å². The highest BCUT2D eigenvalue weighted by atomic mass is 16.3. The maximum Gasteiger partial charge on any atom is 0.222 e. The first kappa shape index (κ1) is 8.67. The monoisotopic (exact) mass is 166 g/mol. The first-order valence-electron chi connectivity index (χ1n) is 3.56. The first-order chi connectivity index (χ1) is 5.72. The molecule has 1 aromatic rings. The molecule has 4 heteroatoms. The molecule has 0 aliphatic carbocycles. The summed E-state index contributed by atoms with van der Waals surface area (Å²) in [5, 5.41) is 11.2. The molecule has 0 fully saturated rings. The van der Waals surface area contributed by atoms with Gasteiger partial charge in [0, 0.05) is 13.1 Å². The van der Waals surface area contributed by atoms with E-state index in [2.05, 4.69) is 10.3 Å². The lowest BCUT2D eigenvalue weighted by atomic mass is 10.3. The van der Waals surface area contributed by atoms with Crippen LogP contribution in [0.3, 0.4) is 0 Å². The summed E-state index contributed by atoms with van der Waals surface area (Å²) in [4.78, 5) is 14.5. The summed E-state index contributed by atoms with van der Waals surface area (Å²) in [6.45, 7) is 1.38. The molecular formula is C8H10N2O2. The second kappa shape index (κ2) is 3.82. The van der Waals surface area contributed by atoms with Gasteiger partial charge in [-0.1, -0.05) is 6.07 Å². The fourth-order valence-electron chi connectivity index (χ4n) is 0.772. The second-order valence-electron chi connectivity index (χ2n) is 2.39. The molecule has 0 unspecified atom stereocenters. The zero-order valence-corrected chi connectivity index (χ0v) is 6.74. The van der Waals surface area contributed by atoms with E-state index in [-0.39, 0.29) is 12.5 Å². The first-order valence-corrected chi connectivity index (χ1v) is 3.56. The van der Waals surface area contributed by atoms with E-state index in [9.17, 15) is 4.79 Å². The molecule has 64 valence electrons. The van der Waals surface area contributed by atoms with Gasteiger partial charge in [-0.2, -0.15) is 0 Å². The van der Waals surface area contributed by atoms with Crippen LogP contribution in [0.4, 0.5) is 5.82 Å². The standard InChI is InChI=1S/C8H10N2O2/c1-6(12)10-8-3-2-7(5-11)4-9-8/h2-4,11H,5H2,1H3,(H,9,10,12). The van der Waals surface area contributed by atoms with Crippen molar-refractivity contribution in [2.75, 3.05) is 5.32 Å². The van der Waals surface area contributed by atoms with Crippen LogP contribution in [0.1, 0.15) is 12.5 Å². The number of rotatable bonds is 2. The van der Waals surface area contributed by atoms with Crippen molar-refractivity contribution in [3.8, 4) is 0 Å². The molecule has 0 aromatic carbocycles. The lowest BCUT2D eigenvalue weighted by Gasteiger charge is -2.00. The highest BCUT2D eigenvalue weighted by Gasteiger charge is 1.95. The molecule has 1 aromatic heterocycles. The number of aliphatic hydroxyl groups excluding tert-OH is 1. The summed E-state index contributed by atoms with van der Waals surface area (Å²) in [5.74, 6) is 0.346. The second-order valence-corrected chi connectivity index (χ2v) is 2.39. The average molecular weight is 166 g/mol. The number of amides is 1. The Hall–Kier alpha value is -1.42. The SMILES string of the molecule is CC(=O)Nc1ccc(CO)cn1. The predicted octanol–water partition coefficient (Wildman–Crippen LogP) is 0.532. The lowest BCUT2D eigenvalue weighted by molar-refractivity contribution is -0.114. The predicted molar refractivity (Wildman–Crippen MR) is 44.5 cm³/mol. The number of nitrogens with one attached hydrogen (secondary N) is 1. The normalized spacial score (nSPS) is 9.50. The number of aliphatic hydroxyl groups is 1. The summed E-state index contributed by atoms with van der Waals surface area (Å²) in [6, 6.07) is 3.35. The van der Waals surface area contributed by atoms with E-state index in [1.54, 1.807) is 12.1 Å². The van der Waals surface area contributed by atoms with Crippen LogP contribution in [0.2, 0.25) is 0 Å². The number of aromatic nitrogens is 1. The molecule has 0 atom stereocenters. The molecule has 2 N–H and O–H groups in total. The smallest absolute Gasteiger partial charge is 0.222 e. The molecule has 0 spiro atoms. The van der Waals surface area contributed by atoms with Crippen LogP contribution in [0, 0.1) is 0 Å². The molecule has 12 heavy (non-hydrogen) atoms. The van der Waals surface area contributed by atoms with Gasteiger partial charge in [-0.05, 0) is 11.6 Å². The van der Waals surface area contributed by atoms with E-state index in [1.165, 1.54) is 13.1 Å². The van der Waals surface area contributed by atoms with E-state index in [4.69, 9.17) is 5.11 Å². The molecule has 1 amide bonds. The summed E-state index contributed by atoms with van der Waals surface area (Å²) >= 11 is 0. The van der Waals surface area contributed by atoms with E-state index < -0.39 is 0 Å². The van der Waals surface area contributed by atoms with Gasteiger partial charge in [-0.3, -0.25) is 4.79 Å². The van der Waals surface area contributed by atoms with Gasteiger partial charge >= 0.3 is 0 Å². The Kier molecular flexibility index (Phi) is 2.76. The molecular weight excluding hydrogens is 156 g/mol. The third kappa shape index (κ3) is 2.32. The molecule has 4 nitrogen and oxygen atoms in total. The number of hydrogen-bond acceptors (Lipinski definition) is 3. The number of hydrogen-bond donors (Lipinski definition) is 2. The summed E-state index contributed by atoms with van der Waals surface area (Å²) < 4.78 is 0. The number of carbonyl (C=O) groups is 1. The fraction of sp³-hybridized carbons (Fsp3) is 0.250. The Bertz CT molecular complexity index is 269. The number of carbonyl (C=O) groups excluding carboxylic acids is 1. The van der Waals surface area contributed by atoms with Crippen LogP contribution >= 0.6 is 0 Å². The third-order valence-corrected chi connectivity index (χ3v) is 1.31. The fourth-order valence-corrected chi connectivity index (χ4v) is 0.772. The molecule has 0 aliphatic rings. The molecule has 0 radical (unpaired) electrons. The minimum atomic E-state index is -0.153. The Morgan fingerprint density at radius 1 is 1.67 bits per heavy atom. The number of pyridine rings is 1. The van der Waals surface area contributed by atoms with Crippen LogP contribution < -0.4 is 5.32 Å². The van der Waals surface area contributed by atoms with E-state index in [1.807, 2.05) is 0 Å². The molecule has 0 bridgehead atoms. The van der Waals surface area contributed by atoms with Crippen molar-refractivity contribution < 1.29 is 9.90 Å². The number of anilines is 1. The van der Waals surface area contributed by atoms with Gasteiger partial charge in [0.2, 0.25) is 5.91 Å². The largest absolute Gasteiger partial charge is 0.392 e.